The highest BCUT2D eigenvalue weighted by Crippen LogP contribution is 2.38. The van der Waals surface area contributed by atoms with Crippen molar-refractivity contribution in [2.75, 3.05) is 24.5 Å². The zero-order chi connectivity index (χ0) is 15.2. The van der Waals surface area contributed by atoms with Crippen LogP contribution in [0, 0.1) is 0 Å². The van der Waals surface area contributed by atoms with E-state index in [4.69, 9.17) is 5.73 Å². The zero-order valence-corrected chi connectivity index (χ0v) is 12.8. The lowest BCUT2D eigenvalue weighted by Gasteiger charge is -2.33. The van der Waals surface area contributed by atoms with Crippen LogP contribution in [0.25, 0.3) is 0 Å². The molecule has 0 saturated carbocycles. The lowest BCUT2D eigenvalue weighted by molar-refractivity contribution is 0.462. The first kappa shape index (κ1) is 15.6. The van der Waals surface area contributed by atoms with E-state index >= 15 is 0 Å². The van der Waals surface area contributed by atoms with E-state index in [0.717, 1.165) is 43.5 Å². The summed E-state index contributed by atoms with van der Waals surface area (Å²) in [6.07, 6.45) is 8.26. The lowest BCUT2D eigenvalue weighted by Crippen LogP contribution is -2.32. The zero-order valence-electron chi connectivity index (χ0n) is 12.8. The third-order valence-electron chi connectivity index (χ3n) is 4.11. The fourth-order valence-corrected chi connectivity index (χ4v) is 3.13. The third kappa shape index (κ3) is 3.30. The first-order valence-electron chi connectivity index (χ1n) is 7.76. The summed E-state index contributed by atoms with van der Waals surface area (Å²) >= 11 is 0. The van der Waals surface area contributed by atoms with Crippen molar-refractivity contribution in [3.05, 3.63) is 48.1 Å². The lowest BCUT2D eigenvalue weighted by atomic mass is 9.90. The molecule has 1 aromatic carbocycles. The minimum absolute atomic E-state index is 0.425. The second-order valence-electron chi connectivity index (χ2n) is 5.58. The van der Waals surface area contributed by atoms with Crippen LogP contribution in [0.15, 0.2) is 31.4 Å². The normalized spacial score (nSPS) is 13.9. The second-order valence-corrected chi connectivity index (χ2v) is 5.58. The van der Waals surface area contributed by atoms with Crippen molar-refractivity contribution >= 4 is 5.69 Å². The van der Waals surface area contributed by atoms with Gasteiger partial charge < -0.3 is 15.7 Å². The molecule has 2 rings (SSSR count). The number of benzene rings is 1. The minimum atomic E-state index is 0.425. The van der Waals surface area contributed by atoms with Crippen molar-refractivity contribution in [3.8, 4) is 5.75 Å². The van der Waals surface area contributed by atoms with Crippen LogP contribution in [0.4, 0.5) is 5.69 Å². The van der Waals surface area contributed by atoms with E-state index in [-0.39, 0.29) is 0 Å². The summed E-state index contributed by atoms with van der Waals surface area (Å²) in [5.41, 5.74) is 10.2. The van der Waals surface area contributed by atoms with Crippen LogP contribution in [-0.2, 0) is 19.3 Å². The first-order chi connectivity index (χ1) is 10.2. The summed E-state index contributed by atoms with van der Waals surface area (Å²) in [5.74, 6) is 0.425. The highest BCUT2D eigenvalue weighted by molar-refractivity contribution is 5.65. The fourth-order valence-electron chi connectivity index (χ4n) is 3.13. The van der Waals surface area contributed by atoms with Crippen molar-refractivity contribution < 1.29 is 5.11 Å². The monoisotopic (exact) mass is 286 g/mol. The van der Waals surface area contributed by atoms with E-state index in [9.17, 15) is 5.11 Å². The Bertz CT molecular complexity index is 522. The molecule has 0 fully saturated rings. The van der Waals surface area contributed by atoms with Gasteiger partial charge in [-0.05, 0) is 55.8 Å². The Labute approximate surface area is 127 Å². The number of nitrogens with two attached hydrogens (primary N) is 1. The largest absolute Gasteiger partial charge is 0.507 e. The SMILES string of the molecule is C=CCc1cc2c(c(CC=C)c1O)CCCN2CCCN. The summed E-state index contributed by atoms with van der Waals surface area (Å²) in [4.78, 5) is 2.41. The van der Waals surface area contributed by atoms with E-state index in [1.54, 1.807) is 0 Å². The number of aromatic hydroxyl groups is 1. The Morgan fingerprint density at radius 3 is 2.71 bits per heavy atom. The van der Waals surface area contributed by atoms with E-state index in [0.29, 0.717) is 25.1 Å². The van der Waals surface area contributed by atoms with Crippen LogP contribution in [0.3, 0.4) is 0 Å². The Balaban J connectivity index is 2.48. The van der Waals surface area contributed by atoms with Crippen LogP contribution in [-0.4, -0.2) is 24.7 Å². The van der Waals surface area contributed by atoms with Crippen molar-refractivity contribution in [2.45, 2.75) is 32.1 Å². The van der Waals surface area contributed by atoms with Crippen LogP contribution in [0.5, 0.6) is 5.75 Å². The maximum absolute atomic E-state index is 10.5. The molecule has 3 heteroatoms. The minimum Gasteiger partial charge on any atom is -0.507 e. The van der Waals surface area contributed by atoms with Crippen molar-refractivity contribution in [3.63, 3.8) is 0 Å². The molecule has 0 amide bonds. The summed E-state index contributed by atoms with van der Waals surface area (Å²) in [5, 5.41) is 10.5. The van der Waals surface area contributed by atoms with Gasteiger partial charge in [-0.2, -0.15) is 0 Å². The van der Waals surface area contributed by atoms with Gasteiger partial charge in [0.1, 0.15) is 5.75 Å². The summed E-state index contributed by atoms with van der Waals surface area (Å²) < 4.78 is 0. The number of fused-ring (bicyclic) bond motifs is 1. The maximum atomic E-state index is 10.5. The molecule has 0 aromatic heterocycles. The fraction of sp³-hybridized carbons (Fsp3) is 0.444. The molecule has 21 heavy (non-hydrogen) atoms. The van der Waals surface area contributed by atoms with Crippen LogP contribution >= 0.6 is 0 Å². The van der Waals surface area contributed by atoms with Crippen molar-refractivity contribution in [1.82, 2.24) is 0 Å². The van der Waals surface area contributed by atoms with E-state index < -0.39 is 0 Å². The van der Waals surface area contributed by atoms with Gasteiger partial charge in [0.25, 0.3) is 0 Å². The molecule has 1 aromatic rings. The van der Waals surface area contributed by atoms with Crippen molar-refractivity contribution in [2.24, 2.45) is 5.73 Å². The number of phenolic OH excluding ortho intramolecular Hbond substituents is 1. The first-order valence-corrected chi connectivity index (χ1v) is 7.76. The maximum Gasteiger partial charge on any atom is 0.123 e. The topological polar surface area (TPSA) is 49.5 Å². The number of hydrogen-bond acceptors (Lipinski definition) is 3. The quantitative estimate of drug-likeness (QED) is 0.758. The molecule has 0 radical (unpaired) electrons. The van der Waals surface area contributed by atoms with E-state index in [2.05, 4.69) is 24.1 Å². The third-order valence-corrected chi connectivity index (χ3v) is 4.11. The number of nitrogens with zero attached hydrogens (tertiary/aromatic N) is 1. The van der Waals surface area contributed by atoms with Crippen LogP contribution in [0.2, 0.25) is 0 Å². The Morgan fingerprint density at radius 1 is 1.29 bits per heavy atom. The highest BCUT2D eigenvalue weighted by atomic mass is 16.3. The van der Waals surface area contributed by atoms with Gasteiger partial charge in [0.15, 0.2) is 0 Å². The van der Waals surface area contributed by atoms with E-state index in [1.807, 2.05) is 12.2 Å². The molecule has 3 N–H and O–H groups in total. The smallest absolute Gasteiger partial charge is 0.123 e. The molecule has 0 saturated heterocycles. The number of phenols is 1. The number of anilines is 1. The van der Waals surface area contributed by atoms with Gasteiger partial charge in [-0.15, -0.1) is 13.2 Å². The molecule has 1 aliphatic rings. The molecule has 0 atom stereocenters. The van der Waals surface area contributed by atoms with Gasteiger partial charge in [0.2, 0.25) is 0 Å². The summed E-state index contributed by atoms with van der Waals surface area (Å²) in [7, 11) is 0. The molecule has 0 aliphatic carbocycles. The Morgan fingerprint density at radius 2 is 2.05 bits per heavy atom. The molecule has 1 aliphatic heterocycles. The Kier molecular flexibility index (Phi) is 5.45. The van der Waals surface area contributed by atoms with Crippen LogP contribution < -0.4 is 10.6 Å². The molecule has 0 spiro atoms. The number of rotatable bonds is 7. The van der Waals surface area contributed by atoms with Crippen molar-refractivity contribution in [1.29, 1.82) is 0 Å². The summed E-state index contributed by atoms with van der Waals surface area (Å²) in [6, 6.07) is 2.13. The summed E-state index contributed by atoms with van der Waals surface area (Å²) in [6.45, 7) is 10.4. The predicted octanol–water partition coefficient (Wildman–Crippen LogP) is 2.95. The van der Waals surface area contributed by atoms with Gasteiger partial charge in [-0.3, -0.25) is 0 Å². The second kappa shape index (κ2) is 7.32. The molecule has 3 nitrogen and oxygen atoms in total. The van der Waals surface area contributed by atoms with Gasteiger partial charge in [-0.25, -0.2) is 0 Å². The highest BCUT2D eigenvalue weighted by Gasteiger charge is 2.23. The van der Waals surface area contributed by atoms with E-state index in [1.165, 1.54) is 11.3 Å². The molecular formula is C18H26N2O. The molecule has 1 heterocycles. The number of allylic oxidation sites excluding steroid dienone is 2. The average Bonchev–Trinajstić information content (AvgIpc) is 2.49. The average molecular weight is 286 g/mol. The standard InChI is InChI=1S/C18H26N2O/c1-3-7-14-13-17-15(16(8-4-2)18(14)21)9-5-11-20(17)12-6-10-19/h3-4,13,21H,1-2,5-12,19H2. The molecule has 0 unspecified atom stereocenters. The number of hydrogen-bond donors (Lipinski definition) is 2. The Hall–Kier alpha value is -1.74. The van der Waals surface area contributed by atoms with Gasteiger partial charge in [-0.1, -0.05) is 12.2 Å². The van der Waals surface area contributed by atoms with Crippen LogP contribution in [0.1, 0.15) is 29.5 Å². The van der Waals surface area contributed by atoms with Gasteiger partial charge >= 0.3 is 0 Å². The molecular weight excluding hydrogens is 260 g/mol. The predicted molar refractivity (Wildman–Crippen MR) is 90.1 cm³/mol. The van der Waals surface area contributed by atoms with Gasteiger partial charge in [0.05, 0.1) is 0 Å². The van der Waals surface area contributed by atoms with Gasteiger partial charge in [0, 0.05) is 24.3 Å². The molecule has 0 bridgehead atoms. The molecule has 114 valence electrons.